The Morgan fingerprint density at radius 1 is 1.26 bits per heavy atom. The first-order valence-electron chi connectivity index (χ1n) is 8.32. The molecule has 1 saturated carbocycles. The van der Waals surface area contributed by atoms with E-state index in [2.05, 4.69) is 16.4 Å². The van der Waals surface area contributed by atoms with Gasteiger partial charge in [0.2, 0.25) is 0 Å². The molecule has 4 nitrogen and oxygen atoms in total. The van der Waals surface area contributed by atoms with Gasteiger partial charge in [0.1, 0.15) is 16.5 Å². The first kappa shape index (κ1) is 14.7. The van der Waals surface area contributed by atoms with Crippen LogP contribution >= 0.6 is 11.3 Å². The fourth-order valence-electron chi connectivity index (χ4n) is 3.34. The summed E-state index contributed by atoms with van der Waals surface area (Å²) in [6.45, 7) is 0.756. The summed E-state index contributed by atoms with van der Waals surface area (Å²) in [4.78, 5) is 16.9. The van der Waals surface area contributed by atoms with Gasteiger partial charge in [-0.15, -0.1) is 11.3 Å². The van der Waals surface area contributed by atoms with Gasteiger partial charge in [-0.1, -0.05) is 19.3 Å². The summed E-state index contributed by atoms with van der Waals surface area (Å²) >= 11 is 1.53. The van der Waals surface area contributed by atoms with Crippen LogP contribution in [0.4, 0.5) is 0 Å². The Hall–Kier alpha value is -1.88. The number of carbonyl (C=O) groups excluding carboxylic acids is 1. The molecule has 1 aliphatic heterocycles. The van der Waals surface area contributed by atoms with Crippen LogP contribution < -0.4 is 10.1 Å². The molecule has 1 aromatic carbocycles. The largest absolute Gasteiger partial charge is 0.493 e. The number of aromatic nitrogens is 1. The van der Waals surface area contributed by atoms with E-state index in [0.29, 0.717) is 11.7 Å². The van der Waals surface area contributed by atoms with Crippen molar-refractivity contribution in [2.45, 2.75) is 44.6 Å². The van der Waals surface area contributed by atoms with Gasteiger partial charge in [0, 0.05) is 23.4 Å². The van der Waals surface area contributed by atoms with Crippen LogP contribution in [0.5, 0.6) is 5.75 Å². The number of fused-ring (bicyclic) bond motifs is 1. The Balaban J connectivity index is 1.48. The van der Waals surface area contributed by atoms with Gasteiger partial charge in [0.15, 0.2) is 0 Å². The normalized spacial score (nSPS) is 17.6. The first-order valence-corrected chi connectivity index (χ1v) is 9.20. The number of amides is 1. The highest BCUT2D eigenvalue weighted by Gasteiger charge is 2.19. The number of rotatable bonds is 3. The molecule has 0 bridgehead atoms. The lowest BCUT2D eigenvalue weighted by molar-refractivity contribution is 0.0923. The molecule has 5 heteroatoms. The number of hydrogen-bond acceptors (Lipinski definition) is 4. The molecule has 23 heavy (non-hydrogen) atoms. The monoisotopic (exact) mass is 328 g/mol. The number of nitrogens with zero attached hydrogens (tertiary/aromatic N) is 1. The molecule has 0 saturated heterocycles. The van der Waals surface area contributed by atoms with E-state index in [1.54, 1.807) is 0 Å². The second-order valence-electron chi connectivity index (χ2n) is 6.27. The van der Waals surface area contributed by atoms with E-state index in [4.69, 9.17) is 4.74 Å². The van der Waals surface area contributed by atoms with Gasteiger partial charge < -0.3 is 10.1 Å². The van der Waals surface area contributed by atoms with Crippen LogP contribution in [0.2, 0.25) is 0 Å². The molecule has 0 atom stereocenters. The molecular formula is C18H20N2O2S. The molecule has 1 N–H and O–H groups in total. The van der Waals surface area contributed by atoms with Gasteiger partial charge in [-0.05, 0) is 36.6 Å². The lowest BCUT2D eigenvalue weighted by Gasteiger charge is -2.22. The van der Waals surface area contributed by atoms with Gasteiger partial charge in [0.05, 0.1) is 6.61 Å². The van der Waals surface area contributed by atoms with Crippen molar-refractivity contribution < 1.29 is 9.53 Å². The summed E-state index contributed by atoms with van der Waals surface area (Å²) in [7, 11) is 0. The molecule has 120 valence electrons. The molecular weight excluding hydrogens is 308 g/mol. The highest BCUT2D eigenvalue weighted by atomic mass is 32.1. The quantitative estimate of drug-likeness (QED) is 0.932. The third kappa shape index (κ3) is 3.11. The van der Waals surface area contributed by atoms with Crippen molar-refractivity contribution >= 4 is 17.2 Å². The van der Waals surface area contributed by atoms with Crippen LogP contribution in [-0.4, -0.2) is 23.5 Å². The van der Waals surface area contributed by atoms with E-state index in [1.807, 2.05) is 17.5 Å². The van der Waals surface area contributed by atoms with Crippen molar-refractivity contribution in [3.8, 4) is 16.3 Å². The number of thiazole rings is 1. The molecule has 1 aromatic heterocycles. The maximum atomic E-state index is 12.4. The molecule has 0 unspecified atom stereocenters. The van der Waals surface area contributed by atoms with Crippen LogP contribution in [-0.2, 0) is 6.42 Å². The Morgan fingerprint density at radius 2 is 2.13 bits per heavy atom. The summed E-state index contributed by atoms with van der Waals surface area (Å²) in [5.74, 6) is 0.935. The molecule has 2 aromatic rings. The van der Waals surface area contributed by atoms with E-state index in [0.717, 1.165) is 42.2 Å². The summed E-state index contributed by atoms with van der Waals surface area (Å²) < 4.78 is 5.54. The van der Waals surface area contributed by atoms with Crippen LogP contribution in [0.15, 0.2) is 23.6 Å². The number of ether oxygens (including phenoxy) is 1. The Morgan fingerprint density at radius 3 is 3.00 bits per heavy atom. The summed E-state index contributed by atoms with van der Waals surface area (Å²) in [5, 5.41) is 5.88. The van der Waals surface area contributed by atoms with E-state index >= 15 is 0 Å². The first-order chi connectivity index (χ1) is 11.3. The standard InChI is InChI=1S/C18H20N2O2S/c21-17(19-14-4-2-1-3-5-14)15-11-23-18(20-15)13-6-7-16-12(10-13)8-9-22-16/h6-7,10-11,14H,1-5,8-9H2,(H,19,21). The minimum Gasteiger partial charge on any atom is -0.493 e. The summed E-state index contributed by atoms with van der Waals surface area (Å²) in [6.07, 6.45) is 6.84. The Labute approximate surface area is 139 Å². The summed E-state index contributed by atoms with van der Waals surface area (Å²) in [5.41, 5.74) is 2.83. The van der Waals surface area contributed by atoms with Crippen molar-refractivity contribution in [1.82, 2.24) is 10.3 Å². The molecule has 2 heterocycles. The average molecular weight is 328 g/mol. The number of carbonyl (C=O) groups is 1. The predicted molar refractivity (Wildman–Crippen MR) is 91.1 cm³/mol. The second-order valence-corrected chi connectivity index (χ2v) is 7.13. The minimum absolute atomic E-state index is 0.0381. The number of nitrogens with one attached hydrogen (secondary N) is 1. The zero-order valence-corrected chi connectivity index (χ0v) is 13.8. The van der Waals surface area contributed by atoms with Crippen molar-refractivity contribution in [3.05, 3.63) is 34.8 Å². The molecule has 1 aliphatic carbocycles. The van der Waals surface area contributed by atoms with Crippen LogP contribution in [0.25, 0.3) is 10.6 Å². The van der Waals surface area contributed by atoms with Gasteiger partial charge >= 0.3 is 0 Å². The lowest BCUT2D eigenvalue weighted by atomic mass is 9.95. The minimum atomic E-state index is -0.0381. The molecule has 0 radical (unpaired) electrons. The lowest BCUT2D eigenvalue weighted by Crippen LogP contribution is -2.36. The third-order valence-corrected chi connectivity index (χ3v) is 5.50. The molecule has 4 rings (SSSR count). The Bertz CT molecular complexity index is 720. The van der Waals surface area contributed by atoms with E-state index in [-0.39, 0.29) is 5.91 Å². The van der Waals surface area contributed by atoms with Crippen molar-refractivity contribution in [2.75, 3.05) is 6.61 Å². The summed E-state index contributed by atoms with van der Waals surface area (Å²) in [6, 6.07) is 6.47. The molecule has 2 aliphatic rings. The zero-order valence-electron chi connectivity index (χ0n) is 13.0. The van der Waals surface area contributed by atoms with Crippen molar-refractivity contribution in [3.63, 3.8) is 0 Å². The molecule has 1 fully saturated rings. The van der Waals surface area contributed by atoms with Crippen LogP contribution in [0.3, 0.4) is 0 Å². The van der Waals surface area contributed by atoms with Crippen LogP contribution in [0, 0.1) is 0 Å². The average Bonchev–Trinajstić information content (AvgIpc) is 3.24. The van der Waals surface area contributed by atoms with Gasteiger partial charge in [0.25, 0.3) is 5.91 Å². The van der Waals surface area contributed by atoms with Crippen LogP contribution in [0.1, 0.15) is 48.2 Å². The smallest absolute Gasteiger partial charge is 0.270 e. The topological polar surface area (TPSA) is 51.2 Å². The van der Waals surface area contributed by atoms with E-state index in [9.17, 15) is 4.79 Å². The highest BCUT2D eigenvalue weighted by molar-refractivity contribution is 7.13. The molecule has 0 spiro atoms. The van der Waals surface area contributed by atoms with Gasteiger partial charge in [-0.25, -0.2) is 4.98 Å². The van der Waals surface area contributed by atoms with E-state index in [1.165, 1.54) is 36.2 Å². The zero-order chi connectivity index (χ0) is 15.6. The van der Waals surface area contributed by atoms with Gasteiger partial charge in [-0.3, -0.25) is 4.79 Å². The third-order valence-electron chi connectivity index (χ3n) is 4.61. The van der Waals surface area contributed by atoms with Gasteiger partial charge in [-0.2, -0.15) is 0 Å². The fourth-order valence-corrected chi connectivity index (χ4v) is 4.13. The fraction of sp³-hybridized carbons (Fsp3) is 0.444. The van der Waals surface area contributed by atoms with Crippen molar-refractivity contribution in [1.29, 1.82) is 0 Å². The SMILES string of the molecule is O=C(NC1CCCCC1)c1csc(-c2ccc3c(c2)CCO3)n1. The van der Waals surface area contributed by atoms with E-state index < -0.39 is 0 Å². The maximum Gasteiger partial charge on any atom is 0.270 e. The number of hydrogen-bond donors (Lipinski definition) is 1. The predicted octanol–water partition coefficient (Wildman–Crippen LogP) is 3.81. The highest BCUT2D eigenvalue weighted by Crippen LogP contribution is 2.32. The second kappa shape index (κ2) is 6.32. The molecule has 1 amide bonds. The Kier molecular flexibility index (Phi) is 4.04. The number of benzene rings is 1. The van der Waals surface area contributed by atoms with Crippen molar-refractivity contribution in [2.24, 2.45) is 0 Å². The maximum absolute atomic E-state index is 12.4.